The zero-order valence-corrected chi connectivity index (χ0v) is 17.4. The molecule has 3 N–H and O–H groups in total. The van der Waals surface area contributed by atoms with Crippen LogP contribution >= 0.6 is 0 Å². The first-order valence-electron chi connectivity index (χ1n) is 8.49. The van der Waals surface area contributed by atoms with Crippen LogP contribution in [0.1, 0.15) is 17.3 Å². The minimum absolute atomic E-state index is 0.0434. The molecule has 2 aromatic rings. The minimum atomic E-state index is -4.72. The number of nitrogens with one attached hydrogen (secondary N) is 1. The van der Waals surface area contributed by atoms with E-state index in [2.05, 4.69) is 19.7 Å². The Balaban J connectivity index is 2.13. The van der Waals surface area contributed by atoms with Crippen molar-refractivity contribution in [2.75, 3.05) is 24.2 Å². The highest BCUT2D eigenvalue weighted by atomic mass is 32.3. The van der Waals surface area contributed by atoms with Crippen LogP contribution in [-0.4, -0.2) is 51.4 Å². The van der Waals surface area contributed by atoms with Gasteiger partial charge in [-0.1, -0.05) is 0 Å². The van der Waals surface area contributed by atoms with Gasteiger partial charge < -0.3 is 10.4 Å². The molecule has 13 heteroatoms. The fraction of sp³-hybridized carbons (Fsp3) is 0.235. The van der Waals surface area contributed by atoms with Crippen molar-refractivity contribution in [2.45, 2.75) is 11.8 Å². The van der Waals surface area contributed by atoms with Crippen molar-refractivity contribution in [3.8, 4) is 0 Å². The normalized spacial score (nSPS) is 12.2. The maximum Gasteiger partial charge on any atom is 0.397 e. The average Bonchev–Trinajstić information content (AvgIpc) is 2.66. The van der Waals surface area contributed by atoms with E-state index >= 15 is 0 Å². The lowest BCUT2D eigenvalue weighted by Crippen LogP contribution is -2.15. The van der Waals surface area contributed by atoms with Crippen LogP contribution in [0.2, 0.25) is 0 Å². The Labute approximate surface area is 173 Å². The highest BCUT2D eigenvalue weighted by molar-refractivity contribution is 7.91. The molecule has 162 valence electrons. The average molecular weight is 457 g/mol. The summed E-state index contributed by atoms with van der Waals surface area (Å²) in [6.07, 6.45) is 0. The van der Waals surface area contributed by atoms with Crippen molar-refractivity contribution in [3.05, 3.63) is 48.0 Å². The van der Waals surface area contributed by atoms with Gasteiger partial charge in [-0.05, 0) is 49.4 Å². The number of sulfone groups is 1. The zero-order chi connectivity index (χ0) is 22.4. The highest BCUT2D eigenvalue weighted by Crippen LogP contribution is 2.25. The number of anilines is 1. The van der Waals surface area contributed by atoms with Gasteiger partial charge in [0, 0.05) is 12.2 Å². The minimum Gasteiger partial charge on any atom is -0.478 e. The van der Waals surface area contributed by atoms with E-state index in [-0.39, 0.29) is 10.5 Å². The first-order valence-corrected chi connectivity index (χ1v) is 11.5. The van der Waals surface area contributed by atoms with E-state index in [4.69, 9.17) is 4.55 Å². The summed E-state index contributed by atoms with van der Waals surface area (Å²) >= 11 is 0. The van der Waals surface area contributed by atoms with Crippen molar-refractivity contribution in [1.29, 1.82) is 0 Å². The first-order chi connectivity index (χ1) is 14.0. The maximum absolute atomic E-state index is 12.1. The number of carboxylic acid groups (broad SMARTS) is 1. The van der Waals surface area contributed by atoms with E-state index in [1.54, 1.807) is 12.1 Å². The van der Waals surface area contributed by atoms with Crippen molar-refractivity contribution in [2.24, 2.45) is 10.2 Å². The van der Waals surface area contributed by atoms with Gasteiger partial charge in [0.15, 0.2) is 9.84 Å². The fourth-order valence-electron chi connectivity index (χ4n) is 2.32. The molecule has 0 bridgehead atoms. The van der Waals surface area contributed by atoms with E-state index in [1.807, 2.05) is 6.92 Å². The molecule has 0 heterocycles. The number of aromatic carboxylic acids is 1. The van der Waals surface area contributed by atoms with Gasteiger partial charge in [0.2, 0.25) is 0 Å². The third kappa shape index (κ3) is 6.88. The number of hydrogen-bond donors (Lipinski definition) is 3. The predicted octanol–water partition coefficient (Wildman–Crippen LogP) is 2.83. The van der Waals surface area contributed by atoms with Crippen molar-refractivity contribution in [1.82, 2.24) is 0 Å². The summed E-state index contributed by atoms with van der Waals surface area (Å²) in [5.74, 6) is -1.76. The first kappa shape index (κ1) is 23.4. The molecule has 0 atom stereocenters. The Morgan fingerprint density at radius 2 is 1.63 bits per heavy atom. The van der Waals surface area contributed by atoms with E-state index in [9.17, 15) is 26.7 Å². The standard InChI is InChI=1S/C17H19N3O8S2/c1-2-18-16-8-5-13(11-15(16)17(21)22)20-19-12-3-6-14(7-4-12)29(23,24)10-9-28-30(25,26)27/h3-8,11,18H,2,9-10H2,1H3,(H,21,22)(H,25,26,27)/b20-19+. The summed E-state index contributed by atoms with van der Waals surface area (Å²) in [6, 6.07) is 9.80. The number of carbonyl (C=O) groups is 1. The lowest BCUT2D eigenvalue weighted by atomic mass is 10.1. The maximum atomic E-state index is 12.1. The summed E-state index contributed by atoms with van der Waals surface area (Å²) in [4.78, 5) is 11.3. The van der Waals surface area contributed by atoms with E-state index < -0.39 is 38.6 Å². The van der Waals surface area contributed by atoms with Gasteiger partial charge >= 0.3 is 16.4 Å². The summed E-state index contributed by atoms with van der Waals surface area (Å²) in [5, 5.41) is 20.1. The van der Waals surface area contributed by atoms with Gasteiger partial charge in [-0.3, -0.25) is 4.55 Å². The largest absolute Gasteiger partial charge is 0.478 e. The molecule has 0 aromatic heterocycles. The van der Waals surface area contributed by atoms with Gasteiger partial charge in [-0.15, -0.1) is 0 Å². The number of hydrogen-bond acceptors (Lipinski definition) is 9. The molecular weight excluding hydrogens is 438 g/mol. The second-order valence-corrected chi connectivity index (χ2v) is 9.03. The number of nitrogens with zero attached hydrogens (tertiary/aromatic N) is 2. The molecule has 0 saturated carbocycles. The predicted molar refractivity (Wildman–Crippen MR) is 108 cm³/mol. The molecule has 0 aliphatic rings. The molecule has 30 heavy (non-hydrogen) atoms. The van der Waals surface area contributed by atoms with E-state index in [1.165, 1.54) is 30.3 Å². The summed E-state index contributed by atoms with van der Waals surface area (Å²) < 4.78 is 57.7. The fourth-order valence-corrected chi connectivity index (χ4v) is 3.81. The van der Waals surface area contributed by atoms with E-state index in [0.29, 0.717) is 23.6 Å². The smallest absolute Gasteiger partial charge is 0.397 e. The Hall–Kier alpha value is -2.87. The summed E-state index contributed by atoms with van der Waals surface area (Å²) in [6.45, 7) is 1.67. The van der Waals surface area contributed by atoms with Crippen molar-refractivity contribution < 1.29 is 35.5 Å². The van der Waals surface area contributed by atoms with Gasteiger partial charge in [0.05, 0.1) is 34.2 Å². The molecule has 0 amide bonds. The molecule has 0 saturated heterocycles. The lowest BCUT2D eigenvalue weighted by molar-refractivity contribution is 0.0698. The molecule has 0 aliphatic heterocycles. The summed E-state index contributed by atoms with van der Waals surface area (Å²) in [5.41, 5.74) is 1.11. The van der Waals surface area contributed by atoms with Crippen LogP contribution in [-0.2, 0) is 24.4 Å². The van der Waals surface area contributed by atoms with Crippen LogP contribution in [0.4, 0.5) is 17.1 Å². The number of rotatable bonds is 10. The molecule has 0 spiro atoms. The van der Waals surface area contributed by atoms with Crippen molar-refractivity contribution in [3.63, 3.8) is 0 Å². The lowest BCUT2D eigenvalue weighted by Gasteiger charge is -2.07. The third-order valence-electron chi connectivity index (χ3n) is 3.66. The van der Waals surface area contributed by atoms with Gasteiger partial charge in [0.25, 0.3) is 0 Å². The van der Waals surface area contributed by atoms with Crippen LogP contribution in [0, 0.1) is 0 Å². The Bertz CT molecular complexity index is 1140. The monoisotopic (exact) mass is 457 g/mol. The molecular formula is C17H19N3O8S2. The van der Waals surface area contributed by atoms with Crippen LogP contribution < -0.4 is 5.32 Å². The van der Waals surface area contributed by atoms with Crippen LogP contribution in [0.5, 0.6) is 0 Å². The number of azo groups is 1. The summed E-state index contributed by atoms with van der Waals surface area (Å²) in [7, 11) is -8.55. The Morgan fingerprint density at radius 1 is 1.03 bits per heavy atom. The highest BCUT2D eigenvalue weighted by Gasteiger charge is 2.16. The number of carboxylic acids is 1. The second-order valence-electron chi connectivity index (χ2n) is 5.83. The van der Waals surface area contributed by atoms with Crippen LogP contribution in [0.3, 0.4) is 0 Å². The van der Waals surface area contributed by atoms with E-state index in [0.717, 1.165) is 0 Å². The molecule has 2 rings (SSSR count). The second kappa shape index (κ2) is 9.75. The SMILES string of the molecule is CCNc1ccc(/N=N/c2ccc(S(=O)(=O)CCOS(=O)(=O)O)cc2)cc1C(=O)O. The molecule has 0 radical (unpaired) electrons. The molecule has 0 aliphatic carbocycles. The van der Waals surface area contributed by atoms with Gasteiger partial charge in [-0.2, -0.15) is 18.6 Å². The molecule has 11 nitrogen and oxygen atoms in total. The number of benzene rings is 2. The van der Waals surface area contributed by atoms with Gasteiger partial charge in [0.1, 0.15) is 0 Å². The molecule has 0 fully saturated rings. The van der Waals surface area contributed by atoms with Crippen LogP contribution in [0.15, 0.2) is 57.6 Å². The molecule has 2 aromatic carbocycles. The van der Waals surface area contributed by atoms with Gasteiger partial charge in [-0.25, -0.2) is 17.4 Å². The quantitative estimate of drug-likeness (QED) is 0.358. The zero-order valence-electron chi connectivity index (χ0n) is 15.7. The van der Waals surface area contributed by atoms with Crippen molar-refractivity contribution >= 4 is 43.3 Å². The Morgan fingerprint density at radius 3 is 2.20 bits per heavy atom. The third-order valence-corrected chi connectivity index (χ3v) is 5.82. The molecule has 0 unspecified atom stereocenters. The Kier molecular flexibility index (Phi) is 7.61. The van der Waals surface area contributed by atoms with Crippen LogP contribution in [0.25, 0.3) is 0 Å². The topological polar surface area (TPSA) is 172 Å².